The SMILES string of the molecule is CC(O)[N+](C)(C)C.N. The maximum absolute atomic E-state index is 8.86. The average Bonchev–Trinajstić information content (AvgIpc) is 1.31. The number of hydrogen-bond donors (Lipinski definition) is 2. The number of aliphatic hydroxyl groups is 1. The van der Waals surface area contributed by atoms with Crippen molar-refractivity contribution in [2.75, 3.05) is 21.1 Å². The molecule has 0 fully saturated rings. The van der Waals surface area contributed by atoms with Gasteiger partial charge in [0.25, 0.3) is 0 Å². The van der Waals surface area contributed by atoms with Crippen LogP contribution >= 0.6 is 0 Å². The minimum Gasteiger partial charge on any atom is -0.345 e. The second-order valence-corrected chi connectivity index (χ2v) is 2.75. The van der Waals surface area contributed by atoms with Crippen molar-refractivity contribution in [2.24, 2.45) is 0 Å². The van der Waals surface area contributed by atoms with Gasteiger partial charge in [-0.2, -0.15) is 0 Å². The Hall–Kier alpha value is -0.120. The molecule has 3 nitrogen and oxygen atoms in total. The van der Waals surface area contributed by atoms with Crippen LogP contribution in [0.2, 0.25) is 0 Å². The normalized spacial score (nSPS) is 14.6. The number of aliphatic hydroxyl groups excluding tert-OH is 1. The fourth-order valence-corrected chi connectivity index (χ4v) is 0. The lowest BCUT2D eigenvalue weighted by Crippen LogP contribution is -2.42. The summed E-state index contributed by atoms with van der Waals surface area (Å²) in [5, 5.41) is 8.86. The molecule has 8 heavy (non-hydrogen) atoms. The summed E-state index contributed by atoms with van der Waals surface area (Å²) in [4.78, 5) is 0. The summed E-state index contributed by atoms with van der Waals surface area (Å²) >= 11 is 0. The van der Waals surface area contributed by atoms with Crippen LogP contribution in [0, 0.1) is 0 Å². The van der Waals surface area contributed by atoms with Gasteiger partial charge < -0.3 is 15.7 Å². The molecule has 0 aliphatic rings. The Bertz CT molecular complexity index is 55.9. The molecule has 3 heteroatoms. The molecule has 0 heterocycles. The fraction of sp³-hybridized carbons (Fsp3) is 1.00. The highest BCUT2D eigenvalue weighted by atomic mass is 16.3. The van der Waals surface area contributed by atoms with Gasteiger partial charge in [-0.3, -0.25) is 0 Å². The molecule has 52 valence electrons. The van der Waals surface area contributed by atoms with E-state index in [-0.39, 0.29) is 12.4 Å². The van der Waals surface area contributed by atoms with E-state index in [1.54, 1.807) is 6.92 Å². The van der Waals surface area contributed by atoms with Crippen LogP contribution in [0.5, 0.6) is 0 Å². The van der Waals surface area contributed by atoms with E-state index in [0.717, 1.165) is 0 Å². The maximum atomic E-state index is 8.86. The largest absolute Gasteiger partial charge is 0.345 e. The highest BCUT2D eigenvalue weighted by Gasteiger charge is 2.12. The zero-order valence-electron chi connectivity index (χ0n) is 6.18. The summed E-state index contributed by atoms with van der Waals surface area (Å²) in [6.07, 6.45) is -0.264. The van der Waals surface area contributed by atoms with Crippen LogP contribution < -0.4 is 6.15 Å². The molecule has 0 spiro atoms. The van der Waals surface area contributed by atoms with E-state index in [0.29, 0.717) is 4.48 Å². The first-order valence-corrected chi connectivity index (χ1v) is 2.44. The Labute approximate surface area is 51.1 Å². The van der Waals surface area contributed by atoms with Crippen molar-refractivity contribution in [3.8, 4) is 0 Å². The predicted molar refractivity (Wildman–Crippen MR) is 34.7 cm³/mol. The summed E-state index contributed by atoms with van der Waals surface area (Å²) in [5.74, 6) is 0. The van der Waals surface area contributed by atoms with E-state index in [2.05, 4.69) is 0 Å². The van der Waals surface area contributed by atoms with Gasteiger partial charge >= 0.3 is 0 Å². The van der Waals surface area contributed by atoms with E-state index in [1.165, 1.54) is 0 Å². The second kappa shape index (κ2) is 3.02. The molecule has 0 bridgehead atoms. The van der Waals surface area contributed by atoms with Gasteiger partial charge in [-0.15, -0.1) is 0 Å². The van der Waals surface area contributed by atoms with Gasteiger partial charge in [0.2, 0.25) is 0 Å². The number of nitrogens with zero attached hydrogens (tertiary/aromatic N) is 1. The van der Waals surface area contributed by atoms with Crippen LogP contribution in [0.1, 0.15) is 6.92 Å². The molecule has 0 saturated heterocycles. The van der Waals surface area contributed by atoms with Crippen molar-refractivity contribution < 1.29 is 9.59 Å². The highest BCUT2D eigenvalue weighted by molar-refractivity contribution is 4.18. The van der Waals surface area contributed by atoms with E-state index < -0.39 is 0 Å². The third kappa shape index (κ3) is 4.05. The number of rotatable bonds is 1. The monoisotopic (exact) mass is 121 g/mol. The molecule has 0 aliphatic carbocycles. The minimum absolute atomic E-state index is 0. The van der Waals surface area contributed by atoms with Gasteiger partial charge in [0.05, 0.1) is 21.1 Å². The summed E-state index contributed by atoms with van der Waals surface area (Å²) in [6, 6.07) is 0. The van der Waals surface area contributed by atoms with Gasteiger partial charge in [0.1, 0.15) is 0 Å². The molecular weight excluding hydrogens is 104 g/mol. The van der Waals surface area contributed by atoms with Crippen LogP contribution in [0.4, 0.5) is 0 Å². The van der Waals surface area contributed by atoms with E-state index in [1.807, 2.05) is 21.1 Å². The molecule has 0 rings (SSSR count). The molecule has 1 unspecified atom stereocenters. The average molecular weight is 121 g/mol. The molecule has 0 amide bonds. The Morgan fingerprint density at radius 1 is 1.25 bits per heavy atom. The standard InChI is InChI=1S/C5H14NO.H3N/c1-5(7)6(2,3)4;/h5,7H,1-4H3;1H3/q+1;. The lowest BCUT2D eigenvalue weighted by molar-refractivity contribution is -0.916. The van der Waals surface area contributed by atoms with E-state index in [4.69, 9.17) is 5.11 Å². The fourth-order valence-electron chi connectivity index (χ4n) is 0. The van der Waals surface area contributed by atoms with E-state index >= 15 is 0 Å². The Morgan fingerprint density at radius 2 is 1.38 bits per heavy atom. The summed E-state index contributed by atoms with van der Waals surface area (Å²) in [6.45, 7) is 1.78. The van der Waals surface area contributed by atoms with Gasteiger partial charge in [-0.25, -0.2) is 0 Å². The van der Waals surface area contributed by atoms with Gasteiger partial charge in [0.15, 0.2) is 6.23 Å². The molecular formula is C5H17N2O+. The summed E-state index contributed by atoms with van der Waals surface area (Å²) < 4.78 is 0.611. The third-order valence-electron chi connectivity index (χ3n) is 1.12. The molecule has 0 aliphatic heterocycles. The van der Waals surface area contributed by atoms with Gasteiger partial charge in [-0.1, -0.05) is 0 Å². The van der Waals surface area contributed by atoms with Crippen LogP contribution in [0.15, 0.2) is 0 Å². The maximum Gasteiger partial charge on any atom is 0.187 e. The van der Waals surface area contributed by atoms with Gasteiger partial charge in [-0.05, 0) is 0 Å². The van der Waals surface area contributed by atoms with Gasteiger partial charge in [0, 0.05) is 6.92 Å². The summed E-state index contributed by atoms with van der Waals surface area (Å²) in [7, 11) is 5.85. The first-order valence-electron chi connectivity index (χ1n) is 2.44. The lowest BCUT2D eigenvalue weighted by atomic mass is 10.5. The van der Waals surface area contributed by atoms with Crippen LogP contribution in [0.25, 0.3) is 0 Å². The van der Waals surface area contributed by atoms with Crippen molar-refractivity contribution in [1.29, 1.82) is 0 Å². The first kappa shape index (κ1) is 10.8. The molecule has 0 aromatic rings. The topological polar surface area (TPSA) is 55.2 Å². The zero-order chi connectivity index (χ0) is 6.08. The molecule has 1 atom stereocenters. The minimum atomic E-state index is -0.264. The number of quaternary nitrogens is 1. The zero-order valence-corrected chi connectivity index (χ0v) is 6.18. The second-order valence-electron chi connectivity index (χ2n) is 2.75. The van der Waals surface area contributed by atoms with Crippen LogP contribution in [-0.2, 0) is 0 Å². The van der Waals surface area contributed by atoms with Crippen molar-refractivity contribution in [3.05, 3.63) is 0 Å². The molecule has 0 saturated carbocycles. The smallest absolute Gasteiger partial charge is 0.187 e. The number of hydrogen-bond acceptors (Lipinski definition) is 2. The van der Waals surface area contributed by atoms with E-state index in [9.17, 15) is 0 Å². The highest BCUT2D eigenvalue weighted by Crippen LogP contribution is 1.94. The van der Waals surface area contributed by atoms with Crippen LogP contribution in [-0.4, -0.2) is 37.0 Å². The van der Waals surface area contributed by atoms with Crippen molar-refractivity contribution in [1.82, 2.24) is 6.15 Å². The molecule has 4 N–H and O–H groups in total. The third-order valence-corrected chi connectivity index (χ3v) is 1.12. The van der Waals surface area contributed by atoms with Crippen molar-refractivity contribution in [3.63, 3.8) is 0 Å². The Kier molecular flexibility index (Phi) is 4.07. The summed E-state index contributed by atoms with van der Waals surface area (Å²) in [5.41, 5.74) is 0. The van der Waals surface area contributed by atoms with Crippen molar-refractivity contribution in [2.45, 2.75) is 13.2 Å². The van der Waals surface area contributed by atoms with Crippen molar-refractivity contribution >= 4 is 0 Å². The molecule has 0 aromatic heterocycles. The molecule has 0 aromatic carbocycles. The molecule has 0 radical (unpaired) electrons. The first-order chi connectivity index (χ1) is 2.94. The quantitative estimate of drug-likeness (QED) is 0.384. The Balaban J connectivity index is 0. The van der Waals surface area contributed by atoms with Crippen LogP contribution in [0.3, 0.4) is 0 Å². The lowest BCUT2D eigenvalue weighted by Gasteiger charge is -2.26. The predicted octanol–water partition coefficient (Wildman–Crippen LogP) is 0.193. The Morgan fingerprint density at radius 3 is 1.38 bits per heavy atom.